The highest BCUT2D eigenvalue weighted by molar-refractivity contribution is 5.98. The fourth-order valence-corrected chi connectivity index (χ4v) is 4.78. The van der Waals surface area contributed by atoms with E-state index < -0.39 is 0 Å². The number of hydrogen-bond acceptors (Lipinski definition) is 5. The third-order valence-corrected chi connectivity index (χ3v) is 6.81. The van der Waals surface area contributed by atoms with Crippen molar-refractivity contribution in [3.8, 4) is 0 Å². The summed E-state index contributed by atoms with van der Waals surface area (Å²) in [5, 5.41) is 0.928. The van der Waals surface area contributed by atoms with Crippen LogP contribution in [-0.2, 0) is 17.7 Å². The summed E-state index contributed by atoms with van der Waals surface area (Å²) < 4.78 is 5.60. The van der Waals surface area contributed by atoms with E-state index in [-0.39, 0.29) is 11.9 Å². The van der Waals surface area contributed by atoms with E-state index in [0.29, 0.717) is 23.8 Å². The number of pyridine rings is 2. The minimum absolute atomic E-state index is 0.0334. The van der Waals surface area contributed by atoms with E-state index in [1.165, 1.54) is 5.56 Å². The van der Waals surface area contributed by atoms with E-state index in [1.54, 1.807) is 0 Å². The summed E-state index contributed by atoms with van der Waals surface area (Å²) in [5.74, 6) is 0.980. The summed E-state index contributed by atoms with van der Waals surface area (Å²) in [7, 11) is 0. The molecule has 33 heavy (non-hydrogen) atoms. The quantitative estimate of drug-likeness (QED) is 0.556. The lowest BCUT2D eigenvalue weighted by Crippen LogP contribution is -2.45. The first-order valence-corrected chi connectivity index (χ1v) is 12.0. The Morgan fingerprint density at radius 1 is 1.18 bits per heavy atom. The molecule has 0 bridgehead atoms. The van der Waals surface area contributed by atoms with Gasteiger partial charge in [0.05, 0.1) is 17.8 Å². The number of hydrogen-bond donors (Lipinski definition) is 1. The van der Waals surface area contributed by atoms with Gasteiger partial charge in [-0.15, -0.1) is 0 Å². The first kappa shape index (κ1) is 23.2. The van der Waals surface area contributed by atoms with Gasteiger partial charge in [-0.2, -0.15) is 0 Å². The number of anilines is 1. The van der Waals surface area contributed by atoms with Gasteiger partial charge in [0, 0.05) is 36.4 Å². The second-order valence-electron chi connectivity index (χ2n) is 8.97. The zero-order chi connectivity index (χ0) is 23.4. The minimum atomic E-state index is 0.0334. The van der Waals surface area contributed by atoms with Crippen molar-refractivity contribution >= 4 is 22.6 Å². The number of carbonyl (C=O) groups is 1. The number of fused-ring (bicyclic) bond motifs is 1. The van der Waals surface area contributed by atoms with Crippen LogP contribution in [-0.4, -0.2) is 40.0 Å². The van der Waals surface area contributed by atoms with Crippen LogP contribution >= 0.6 is 0 Å². The molecule has 3 aromatic rings. The Balaban J connectivity index is 1.69. The molecule has 174 valence electrons. The molecule has 0 spiro atoms. The number of nitrogens with zero attached hydrogens (tertiary/aromatic N) is 3. The Labute approximate surface area is 196 Å². The van der Waals surface area contributed by atoms with Crippen molar-refractivity contribution in [2.75, 3.05) is 18.9 Å². The number of amides is 1. The maximum absolute atomic E-state index is 13.9. The van der Waals surface area contributed by atoms with E-state index >= 15 is 0 Å². The summed E-state index contributed by atoms with van der Waals surface area (Å²) in [4.78, 5) is 25.1. The first-order valence-electron chi connectivity index (χ1n) is 12.0. The average Bonchev–Trinajstić information content (AvgIpc) is 2.85. The predicted molar refractivity (Wildman–Crippen MR) is 132 cm³/mol. The van der Waals surface area contributed by atoms with Crippen molar-refractivity contribution in [1.29, 1.82) is 0 Å². The molecular formula is C27H34N4O2. The summed E-state index contributed by atoms with van der Waals surface area (Å²) >= 11 is 0. The van der Waals surface area contributed by atoms with Gasteiger partial charge in [0.25, 0.3) is 5.91 Å². The van der Waals surface area contributed by atoms with Crippen molar-refractivity contribution in [3.05, 3.63) is 65.0 Å². The number of ether oxygens (including phenoxy) is 1. The molecule has 2 aromatic heterocycles. The molecule has 1 unspecified atom stereocenters. The molecule has 0 saturated carbocycles. The standard InChI is InChI=1S/C27H34N4O2/c1-4-19-6-8-23(29-16-19)17-31(25(5-2)20-10-12-33-13-11-20)27(32)21-7-9-24-22(15-21)14-18(3)26(28)30-24/h6-9,14-16,20,25H,4-5,10-13,17H2,1-3H3,(H2,28,30). The van der Waals surface area contributed by atoms with Gasteiger partial charge in [-0.3, -0.25) is 9.78 Å². The summed E-state index contributed by atoms with van der Waals surface area (Å²) in [6.07, 6.45) is 5.72. The fraction of sp³-hybridized carbons (Fsp3) is 0.444. The Morgan fingerprint density at radius 3 is 2.64 bits per heavy atom. The van der Waals surface area contributed by atoms with E-state index in [4.69, 9.17) is 10.5 Å². The second-order valence-corrected chi connectivity index (χ2v) is 8.97. The molecule has 1 aliphatic heterocycles. The molecule has 6 heteroatoms. The molecule has 1 amide bonds. The lowest BCUT2D eigenvalue weighted by atomic mass is 9.88. The predicted octanol–water partition coefficient (Wildman–Crippen LogP) is 4.93. The van der Waals surface area contributed by atoms with Crippen LogP contribution in [0.1, 0.15) is 60.3 Å². The maximum Gasteiger partial charge on any atom is 0.254 e. The highest BCUT2D eigenvalue weighted by Gasteiger charge is 2.32. The number of nitrogens with two attached hydrogens (primary N) is 1. The first-order chi connectivity index (χ1) is 16.0. The normalized spacial score (nSPS) is 15.5. The number of nitrogen functional groups attached to an aromatic ring is 1. The fourth-order valence-electron chi connectivity index (χ4n) is 4.78. The molecule has 6 nitrogen and oxygen atoms in total. The number of rotatable bonds is 7. The van der Waals surface area contributed by atoms with Crippen molar-refractivity contribution < 1.29 is 9.53 Å². The van der Waals surface area contributed by atoms with Gasteiger partial charge in [0.1, 0.15) is 5.82 Å². The molecule has 4 rings (SSSR count). The topological polar surface area (TPSA) is 81.3 Å². The van der Waals surface area contributed by atoms with Crippen LogP contribution in [0.5, 0.6) is 0 Å². The van der Waals surface area contributed by atoms with Crippen LogP contribution in [0.3, 0.4) is 0 Å². The van der Waals surface area contributed by atoms with Crippen LogP contribution in [0.15, 0.2) is 42.6 Å². The van der Waals surface area contributed by atoms with E-state index in [9.17, 15) is 4.79 Å². The van der Waals surface area contributed by atoms with Gasteiger partial charge in [-0.1, -0.05) is 19.9 Å². The summed E-state index contributed by atoms with van der Waals surface area (Å²) in [6, 6.07) is 12.0. The lowest BCUT2D eigenvalue weighted by molar-refractivity contribution is 0.0196. The van der Waals surface area contributed by atoms with Gasteiger partial charge in [-0.05, 0) is 80.0 Å². The maximum atomic E-state index is 13.9. The Bertz CT molecular complexity index is 1110. The highest BCUT2D eigenvalue weighted by Crippen LogP contribution is 2.28. The van der Waals surface area contributed by atoms with Crippen molar-refractivity contribution in [2.24, 2.45) is 5.92 Å². The van der Waals surface area contributed by atoms with Crippen LogP contribution in [0, 0.1) is 12.8 Å². The van der Waals surface area contributed by atoms with E-state index in [2.05, 4.69) is 29.9 Å². The number of aryl methyl sites for hydroxylation is 2. The highest BCUT2D eigenvalue weighted by atomic mass is 16.5. The second kappa shape index (κ2) is 10.3. The number of carbonyl (C=O) groups excluding carboxylic acids is 1. The molecule has 1 aromatic carbocycles. The molecule has 1 saturated heterocycles. The molecule has 1 fully saturated rings. The zero-order valence-corrected chi connectivity index (χ0v) is 19.9. The summed E-state index contributed by atoms with van der Waals surface area (Å²) in [6.45, 7) is 8.24. The largest absolute Gasteiger partial charge is 0.383 e. The third kappa shape index (κ3) is 5.17. The molecule has 3 heterocycles. The lowest BCUT2D eigenvalue weighted by Gasteiger charge is -2.38. The monoisotopic (exact) mass is 446 g/mol. The Hall–Kier alpha value is -2.99. The van der Waals surface area contributed by atoms with Crippen LogP contribution in [0.25, 0.3) is 10.9 Å². The third-order valence-electron chi connectivity index (χ3n) is 6.81. The molecule has 0 radical (unpaired) electrons. The van der Waals surface area contributed by atoms with Crippen LogP contribution in [0.4, 0.5) is 5.82 Å². The van der Waals surface area contributed by atoms with Crippen molar-refractivity contribution in [3.63, 3.8) is 0 Å². The molecule has 1 atom stereocenters. The molecule has 2 N–H and O–H groups in total. The smallest absolute Gasteiger partial charge is 0.254 e. The van der Waals surface area contributed by atoms with Crippen molar-refractivity contribution in [2.45, 2.75) is 59.0 Å². The van der Waals surface area contributed by atoms with Crippen LogP contribution in [0.2, 0.25) is 0 Å². The van der Waals surface area contributed by atoms with Gasteiger partial charge in [-0.25, -0.2) is 4.98 Å². The van der Waals surface area contributed by atoms with Gasteiger partial charge in [0.2, 0.25) is 0 Å². The van der Waals surface area contributed by atoms with Gasteiger partial charge >= 0.3 is 0 Å². The zero-order valence-electron chi connectivity index (χ0n) is 19.9. The average molecular weight is 447 g/mol. The van der Waals surface area contributed by atoms with Gasteiger partial charge < -0.3 is 15.4 Å². The minimum Gasteiger partial charge on any atom is -0.383 e. The molecular weight excluding hydrogens is 412 g/mol. The van der Waals surface area contributed by atoms with E-state index in [0.717, 1.165) is 61.1 Å². The van der Waals surface area contributed by atoms with Crippen molar-refractivity contribution in [1.82, 2.24) is 14.9 Å². The SMILES string of the molecule is CCc1ccc(CN(C(=O)c2ccc3nc(N)c(C)cc3c2)C(CC)C2CCOCC2)nc1. The Kier molecular flexibility index (Phi) is 7.23. The molecule has 1 aliphatic rings. The van der Waals surface area contributed by atoms with Gasteiger partial charge in [0.15, 0.2) is 0 Å². The number of aromatic nitrogens is 2. The number of benzene rings is 1. The summed E-state index contributed by atoms with van der Waals surface area (Å²) in [5.41, 5.74) is 10.5. The van der Waals surface area contributed by atoms with E-state index in [1.807, 2.05) is 48.4 Å². The Morgan fingerprint density at radius 2 is 1.97 bits per heavy atom. The van der Waals surface area contributed by atoms with Crippen LogP contribution < -0.4 is 5.73 Å². The molecule has 0 aliphatic carbocycles.